The van der Waals surface area contributed by atoms with Gasteiger partial charge in [0, 0.05) is 30.8 Å². The quantitative estimate of drug-likeness (QED) is 0.734. The van der Waals surface area contributed by atoms with Gasteiger partial charge >= 0.3 is 0 Å². The lowest BCUT2D eigenvalue weighted by Gasteiger charge is -2.13. The Morgan fingerprint density at radius 1 is 1.09 bits per heavy atom. The molecular formula is C17H21Cl2NO2. The number of nitrogens with one attached hydrogen (secondary N) is 1. The van der Waals surface area contributed by atoms with Crippen molar-refractivity contribution < 1.29 is 9.47 Å². The van der Waals surface area contributed by atoms with Crippen LogP contribution >= 0.6 is 24.0 Å². The van der Waals surface area contributed by atoms with Crippen molar-refractivity contribution in [3.05, 3.63) is 64.7 Å². The Balaban J connectivity index is 0.00000242. The van der Waals surface area contributed by atoms with Crippen LogP contribution in [0.5, 0.6) is 5.75 Å². The van der Waals surface area contributed by atoms with Gasteiger partial charge in [0.15, 0.2) is 0 Å². The van der Waals surface area contributed by atoms with Crippen LogP contribution in [0.25, 0.3) is 0 Å². The fourth-order valence-corrected chi connectivity index (χ4v) is 2.15. The van der Waals surface area contributed by atoms with Gasteiger partial charge in [0.25, 0.3) is 0 Å². The fraction of sp³-hybridized carbons (Fsp3) is 0.294. The Hall–Kier alpha value is -1.26. The highest BCUT2D eigenvalue weighted by atomic mass is 35.5. The Morgan fingerprint density at radius 2 is 1.86 bits per heavy atom. The van der Waals surface area contributed by atoms with Crippen molar-refractivity contribution in [2.24, 2.45) is 0 Å². The highest BCUT2D eigenvalue weighted by Gasteiger charge is 2.05. The molecule has 0 radical (unpaired) electrons. The minimum atomic E-state index is 0. The summed E-state index contributed by atoms with van der Waals surface area (Å²) in [5, 5.41) is 4.02. The predicted molar refractivity (Wildman–Crippen MR) is 93.1 cm³/mol. The molecule has 0 unspecified atom stereocenters. The van der Waals surface area contributed by atoms with E-state index in [2.05, 4.69) is 5.32 Å². The van der Waals surface area contributed by atoms with Crippen molar-refractivity contribution in [2.45, 2.75) is 13.2 Å². The molecule has 2 aromatic carbocycles. The van der Waals surface area contributed by atoms with Gasteiger partial charge in [-0.05, 0) is 23.8 Å². The van der Waals surface area contributed by atoms with Gasteiger partial charge in [-0.1, -0.05) is 41.9 Å². The normalized spacial score (nSPS) is 10.1. The summed E-state index contributed by atoms with van der Waals surface area (Å²) in [6.45, 7) is 2.73. The van der Waals surface area contributed by atoms with Crippen LogP contribution in [0.4, 0.5) is 0 Å². The Kier molecular flexibility index (Phi) is 8.94. The third-order valence-corrected chi connectivity index (χ3v) is 3.29. The molecule has 0 fully saturated rings. The SMILES string of the molecule is COCCNCc1cc(Cl)ccc1OCc1ccccc1.Cl. The van der Waals surface area contributed by atoms with Crippen molar-refractivity contribution in [3.63, 3.8) is 0 Å². The molecule has 0 saturated carbocycles. The van der Waals surface area contributed by atoms with E-state index in [1.807, 2.05) is 48.5 Å². The zero-order chi connectivity index (χ0) is 14.9. The van der Waals surface area contributed by atoms with Crippen LogP contribution < -0.4 is 10.1 Å². The largest absolute Gasteiger partial charge is 0.489 e. The highest BCUT2D eigenvalue weighted by molar-refractivity contribution is 6.30. The molecule has 5 heteroatoms. The molecule has 0 heterocycles. The maximum atomic E-state index is 6.07. The summed E-state index contributed by atoms with van der Waals surface area (Å²) < 4.78 is 10.9. The molecule has 0 aliphatic carbocycles. The van der Waals surface area contributed by atoms with Crippen molar-refractivity contribution in [2.75, 3.05) is 20.3 Å². The van der Waals surface area contributed by atoms with Crippen LogP contribution in [0, 0.1) is 0 Å². The van der Waals surface area contributed by atoms with Crippen molar-refractivity contribution in [3.8, 4) is 5.75 Å². The summed E-state index contributed by atoms with van der Waals surface area (Å²) in [6, 6.07) is 15.8. The van der Waals surface area contributed by atoms with Gasteiger partial charge in [-0.3, -0.25) is 0 Å². The number of rotatable bonds is 8. The van der Waals surface area contributed by atoms with Crippen molar-refractivity contribution in [1.82, 2.24) is 5.32 Å². The molecule has 0 aliphatic heterocycles. The fourth-order valence-electron chi connectivity index (χ4n) is 1.96. The predicted octanol–water partition coefficient (Wildman–Crippen LogP) is 4.08. The van der Waals surface area contributed by atoms with Crippen LogP contribution in [-0.4, -0.2) is 20.3 Å². The maximum absolute atomic E-state index is 6.07. The second-order valence-electron chi connectivity index (χ2n) is 4.70. The molecule has 22 heavy (non-hydrogen) atoms. The molecule has 2 rings (SSSR count). The van der Waals surface area contributed by atoms with Crippen LogP contribution in [0.1, 0.15) is 11.1 Å². The molecule has 0 atom stereocenters. The van der Waals surface area contributed by atoms with Gasteiger partial charge in [-0.25, -0.2) is 0 Å². The summed E-state index contributed by atoms with van der Waals surface area (Å²) in [6.07, 6.45) is 0. The van der Waals surface area contributed by atoms with E-state index in [4.69, 9.17) is 21.1 Å². The average molecular weight is 342 g/mol. The van der Waals surface area contributed by atoms with Crippen LogP contribution in [0.2, 0.25) is 5.02 Å². The number of hydrogen-bond acceptors (Lipinski definition) is 3. The van der Waals surface area contributed by atoms with E-state index in [1.54, 1.807) is 7.11 Å². The number of halogens is 2. The minimum absolute atomic E-state index is 0. The topological polar surface area (TPSA) is 30.5 Å². The third kappa shape index (κ3) is 6.24. The van der Waals surface area contributed by atoms with E-state index in [-0.39, 0.29) is 12.4 Å². The van der Waals surface area contributed by atoms with Gasteiger partial charge in [0.2, 0.25) is 0 Å². The van der Waals surface area contributed by atoms with E-state index >= 15 is 0 Å². The molecule has 0 spiro atoms. The summed E-state index contributed by atoms with van der Waals surface area (Å²) >= 11 is 6.07. The monoisotopic (exact) mass is 341 g/mol. The number of methoxy groups -OCH3 is 1. The van der Waals surface area contributed by atoms with Gasteiger partial charge < -0.3 is 14.8 Å². The van der Waals surface area contributed by atoms with E-state index in [0.717, 1.165) is 23.4 Å². The highest BCUT2D eigenvalue weighted by Crippen LogP contribution is 2.23. The molecule has 3 nitrogen and oxygen atoms in total. The Morgan fingerprint density at radius 3 is 2.59 bits per heavy atom. The third-order valence-electron chi connectivity index (χ3n) is 3.06. The lowest BCUT2D eigenvalue weighted by Crippen LogP contribution is -2.19. The van der Waals surface area contributed by atoms with Crippen LogP contribution in [0.3, 0.4) is 0 Å². The number of benzene rings is 2. The molecule has 0 aliphatic rings. The van der Waals surface area contributed by atoms with Gasteiger partial charge in [0.05, 0.1) is 6.61 Å². The van der Waals surface area contributed by atoms with E-state index in [1.165, 1.54) is 0 Å². The Labute approximate surface area is 143 Å². The molecule has 0 bridgehead atoms. The van der Waals surface area contributed by atoms with Crippen molar-refractivity contribution in [1.29, 1.82) is 0 Å². The number of hydrogen-bond donors (Lipinski definition) is 1. The molecule has 2 aromatic rings. The van der Waals surface area contributed by atoms with Crippen LogP contribution in [0.15, 0.2) is 48.5 Å². The standard InChI is InChI=1S/C17H20ClNO2.ClH/c1-20-10-9-19-12-15-11-16(18)7-8-17(15)21-13-14-5-3-2-4-6-14;/h2-8,11,19H,9-10,12-13H2,1H3;1H. The molecule has 0 amide bonds. The summed E-state index contributed by atoms with van der Waals surface area (Å²) in [7, 11) is 1.69. The second-order valence-corrected chi connectivity index (χ2v) is 5.13. The lowest BCUT2D eigenvalue weighted by atomic mass is 10.2. The lowest BCUT2D eigenvalue weighted by molar-refractivity contribution is 0.199. The molecule has 1 N–H and O–H groups in total. The van der Waals surface area contributed by atoms with Gasteiger partial charge in [-0.15, -0.1) is 12.4 Å². The minimum Gasteiger partial charge on any atom is -0.489 e. The number of ether oxygens (including phenoxy) is 2. The first-order chi connectivity index (χ1) is 10.3. The zero-order valence-electron chi connectivity index (χ0n) is 12.5. The molecular weight excluding hydrogens is 321 g/mol. The molecule has 120 valence electrons. The molecule has 0 aromatic heterocycles. The first-order valence-corrected chi connectivity index (χ1v) is 7.32. The summed E-state index contributed by atoms with van der Waals surface area (Å²) in [4.78, 5) is 0. The van der Waals surface area contributed by atoms with Crippen molar-refractivity contribution >= 4 is 24.0 Å². The van der Waals surface area contributed by atoms with Gasteiger partial charge in [0.1, 0.15) is 12.4 Å². The first-order valence-electron chi connectivity index (χ1n) is 6.94. The second kappa shape index (κ2) is 10.5. The summed E-state index contributed by atoms with van der Waals surface area (Å²) in [5.74, 6) is 0.855. The maximum Gasteiger partial charge on any atom is 0.124 e. The smallest absolute Gasteiger partial charge is 0.124 e. The van der Waals surface area contributed by atoms with E-state index in [0.29, 0.717) is 24.8 Å². The first kappa shape index (κ1) is 18.8. The average Bonchev–Trinajstić information content (AvgIpc) is 2.52. The summed E-state index contributed by atoms with van der Waals surface area (Å²) in [5.41, 5.74) is 2.19. The zero-order valence-corrected chi connectivity index (χ0v) is 14.1. The molecule has 0 saturated heterocycles. The van der Waals surface area contributed by atoms with E-state index < -0.39 is 0 Å². The van der Waals surface area contributed by atoms with Crippen LogP contribution in [-0.2, 0) is 17.9 Å². The van der Waals surface area contributed by atoms with E-state index in [9.17, 15) is 0 Å². The van der Waals surface area contributed by atoms with Gasteiger partial charge in [-0.2, -0.15) is 0 Å². The Bertz CT molecular complexity index is 550.